The topological polar surface area (TPSA) is 3.24 Å². The summed E-state index contributed by atoms with van der Waals surface area (Å²) in [6.07, 6.45) is 0. The van der Waals surface area contributed by atoms with Gasteiger partial charge >= 0.3 is 0 Å². The summed E-state index contributed by atoms with van der Waals surface area (Å²) in [5.41, 5.74) is 8.30. The van der Waals surface area contributed by atoms with Crippen LogP contribution in [0.3, 0.4) is 0 Å². The lowest BCUT2D eigenvalue weighted by atomic mass is 10.0. The summed E-state index contributed by atoms with van der Waals surface area (Å²) in [5, 5.41) is 5.30. The molecule has 0 bridgehead atoms. The number of para-hydroxylation sites is 1. The molecule has 42 heavy (non-hydrogen) atoms. The summed E-state index contributed by atoms with van der Waals surface area (Å²) >= 11 is 1.89. The molecular weight excluding hydrogens is 527 g/mol. The Morgan fingerprint density at radius 2 is 0.881 bits per heavy atom. The summed E-state index contributed by atoms with van der Waals surface area (Å²) in [6.45, 7) is 0. The van der Waals surface area contributed by atoms with Crippen molar-refractivity contribution in [1.29, 1.82) is 0 Å². The van der Waals surface area contributed by atoms with Crippen molar-refractivity contribution >= 4 is 59.3 Å². The normalized spacial score (nSPS) is 11.3. The lowest BCUT2D eigenvalue weighted by molar-refractivity contribution is 1.28. The van der Waals surface area contributed by atoms with Gasteiger partial charge in [-0.25, -0.2) is 0 Å². The van der Waals surface area contributed by atoms with Gasteiger partial charge in [-0.2, -0.15) is 0 Å². The van der Waals surface area contributed by atoms with Crippen molar-refractivity contribution in [3.05, 3.63) is 164 Å². The van der Waals surface area contributed by atoms with E-state index in [1.54, 1.807) is 0 Å². The molecule has 2 heteroatoms. The molecule has 1 nitrogen and oxygen atoms in total. The molecule has 0 N–H and O–H groups in total. The van der Waals surface area contributed by atoms with Gasteiger partial charge in [0.1, 0.15) is 0 Å². The Balaban J connectivity index is 1.16. The van der Waals surface area contributed by atoms with Gasteiger partial charge in [0.2, 0.25) is 0 Å². The summed E-state index contributed by atoms with van der Waals surface area (Å²) < 4.78 is 2.69. The Hall–Kier alpha value is -5.18. The smallest absolute Gasteiger partial charge is 0.0462 e. The standard InChI is InChI=1S/C40H27NS/c1-3-9-28(10-4-1)29-15-21-34(22-16-29)41(33-12-5-2-6-13-33)35-23-17-30(18-24-35)32-20-25-37-38-26-19-31-11-7-8-14-36(31)40(38)42-39(37)27-32/h1-27H. The molecule has 0 saturated carbocycles. The lowest BCUT2D eigenvalue weighted by Gasteiger charge is -2.26. The van der Waals surface area contributed by atoms with E-state index in [1.807, 2.05) is 11.3 Å². The molecule has 8 aromatic rings. The summed E-state index contributed by atoms with van der Waals surface area (Å²) in [4.78, 5) is 2.32. The first-order valence-electron chi connectivity index (χ1n) is 14.3. The van der Waals surface area contributed by atoms with Crippen LogP contribution in [0.4, 0.5) is 17.1 Å². The van der Waals surface area contributed by atoms with Crippen molar-refractivity contribution in [3.8, 4) is 22.3 Å². The Bertz CT molecular complexity index is 2160. The number of hydrogen-bond acceptors (Lipinski definition) is 2. The van der Waals surface area contributed by atoms with Crippen molar-refractivity contribution in [1.82, 2.24) is 0 Å². The third-order valence-electron chi connectivity index (χ3n) is 8.07. The average molecular weight is 554 g/mol. The molecule has 0 unspecified atom stereocenters. The third-order valence-corrected chi connectivity index (χ3v) is 9.27. The second-order valence-corrected chi connectivity index (χ2v) is 11.7. The average Bonchev–Trinajstić information content (AvgIpc) is 3.45. The first-order chi connectivity index (χ1) is 20.8. The van der Waals surface area contributed by atoms with E-state index in [9.17, 15) is 0 Å². The molecule has 0 amide bonds. The molecule has 0 atom stereocenters. The monoisotopic (exact) mass is 553 g/mol. The SMILES string of the molecule is c1ccc(-c2ccc(N(c3ccccc3)c3ccc(-c4ccc5c(c4)sc4c6ccccc6ccc54)cc3)cc2)cc1. The summed E-state index contributed by atoms with van der Waals surface area (Å²) in [6, 6.07) is 59.0. The van der Waals surface area contributed by atoms with E-state index in [0.29, 0.717) is 0 Å². The second-order valence-electron chi connectivity index (χ2n) is 10.6. The lowest BCUT2D eigenvalue weighted by Crippen LogP contribution is -2.09. The molecule has 0 aliphatic heterocycles. The second kappa shape index (κ2) is 10.3. The number of rotatable bonds is 5. The van der Waals surface area contributed by atoms with Crippen molar-refractivity contribution < 1.29 is 0 Å². The highest BCUT2D eigenvalue weighted by Gasteiger charge is 2.14. The van der Waals surface area contributed by atoms with Crippen LogP contribution in [0.15, 0.2) is 164 Å². The van der Waals surface area contributed by atoms with Gasteiger partial charge in [-0.3, -0.25) is 0 Å². The van der Waals surface area contributed by atoms with Gasteiger partial charge in [0.05, 0.1) is 0 Å². The first kappa shape index (κ1) is 24.6. The van der Waals surface area contributed by atoms with E-state index >= 15 is 0 Å². The molecule has 0 aliphatic carbocycles. The third kappa shape index (κ3) is 4.34. The fraction of sp³-hybridized carbons (Fsp3) is 0. The van der Waals surface area contributed by atoms with Gasteiger partial charge in [-0.05, 0) is 75.5 Å². The minimum absolute atomic E-state index is 1.13. The molecule has 0 fully saturated rings. The number of benzene rings is 7. The number of thiophene rings is 1. The van der Waals surface area contributed by atoms with Crippen LogP contribution in [0.2, 0.25) is 0 Å². The van der Waals surface area contributed by atoms with E-state index in [-0.39, 0.29) is 0 Å². The maximum absolute atomic E-state index is 2.35. The zero-order chi connectivity index (χ0) is 27.9. The highest BCUT2D eigenvalue weighted by molar-refractivity contribution is 7.26. The van der Waals surface area contributed by atoms with Gasteiger partial charge in [0.15, 0.2) is 0 Å². The van der Waals surface area contributed by atoms with E-state index < -0.39 is 0 Å². The number of anilines is 3. The fourth-order valence-electron chi connectivity index (χ4n) is 5.94. The zero-order valence-corrected chi connectivity index (χ0v) is 23.8. The van der Waals surface area contributed by atoms with Crippen LogP contribution in [-0.2, 0) is 0 Å². The van der Waals surface area contributed by atoms with Crippen molar-refractivity contribution in [2.24, 2.45) is 0 Å². The van der Waals surface area contributed by atoms with Gasteiger partial charge in [0, 0.05) is 37.2 Å². The van der Waals surface area contributed by atoms with Gasteiger partial charge in [-0.1, -0.05) is 121 Å². The van der Waals surface area contributed by atoms with Crippen LogP contribution in [0.25, 0.3) is 53.2 Å². The maximum Gasteiger partial charge on any atom is 0.0462 e. The quantitative estimate of drug-likeness (QED) is 0.205. The fourth-order valence-corrected chi connectivity index (χ4v) is 7.22. The van der Waals surface area contributed by atoms with E-state index in [4.69, 9.17) is 0 Å². The molecule has 8 rings (SSSR count). The molecule has 7 aromatic carbocycles. The largest absolute Gasteiger partial charge is 0.311 e. The molecular formula is C40H27NS. The van der Waals surface area contributed by atoms with Crippen LogP contribution >= 0.6 is 11.3 Å². The highest BCUT2D eigenvalue weighted by atomic mass is 32.1. The molecule has 0 aliphatic rings. The predicted molar refractivity (Wildman–Crippen MR) is 182 cm³/mol. The minimum Gasteiger partial charge on any atom is -0.311 e. The van der Waals surface area contributed by atoms with Crippen LogP contribution in [-0.4, -0.2) is 0 Å². The highest BCUT2D eigenvalue weighted by Crippen LogP contribution is 2.41. The van der Waals surface area contributed by atoms with Crippen LogP contribution in [0.5, 0.6) is 0 Å². The number of nitrogens with zero attached hydrogens (tertiary/aromatic N) is 1. The Morgan fingerprint density at radius 3 is 1.60 bits per heavy atom. The van der Waals surface area contributed by atoms with Crippen LogP contribution in [0.1, 0.15) is 0 Å². The Labute approximate surface area is 249 Å². The van der Waals surface area contributed by atoms with Crippen molar-refractivity contribution in [3.63, 3.8) is 0 Å². The molecule has 0 saturated heterocycles. The molecule has 1 heterocycles. The number of fused-ring (bicyclic) bond motifs is 5. The van der Waals surface area contributed by atoms with Crippen LogP contribution in [0, 0.1) is 0 Å². The molecule has 0 spiro atoms. The zero-order valence-electron chi connectivity index (χ0n) is 22.9. The molecule has 198 valence electrons. The summed E-state index contributed by atoms with van der Waals surface area (Å²) in [7, 11) is 0. The maximum atomic E-state index is 2.35. The van der Waals surface area contributed by atoms with Gasteiger partial charge in [-0.15, -0.1) is 11.3 Å². The van der Waals surface area contributed by atoms with E-state index in [1.165, 1.54) is 53.2 Å². The van der Waals surface area contributed by atoms with E-state index in [0.717, 1.165) is 17.1 Å². The minimum atomic E-state index is 1.13. The Kier molecular flexibility index (Phi) is 6.05. The number of hydrogen-bond donors (Lipinski definition) is 0. The summed E-state index contributed by atoms with van der Waals surface area (Å²) in [5.74, 6) is 0. The Morgan fingerprint density at radius 1 is 0.357 bits per heavy atom. The van der Waals surface area contributed by atoms with Crippen molar-refractivity contribution in [2.75, 3.05) is 4.90 Å². The van der Waals surface area contributed by atoms with Crippen LogP contribution < -0.4 is 4.90 Å². The molecule has 1 aromatic heterocycles. The predicted octanol–water partition coefficient (Wildman–Crippen LogP) is 12.0. The van der Waals surface area contributed by atoms with E-state index in [2.05, 4.69) is 169 Å². The van der Waals surface area contributed by atoms with Gasteiger partial charge < -0.3 is 4.90 Å². The van der Waals surface area contributed by atoms with Gasteiger partial charge in [0.25, 0.3) is 0 Å². The molecule has 0 radical (unpaired) electrons. The first-order valence-corrected chi connectivity index (χ1v) is 15.1. The van der Waals surface area contributed by atoms with Crippen molar-refractivity contribution in [2.45, 2.75) is 0 Å².